The molecule has 0 aromatic heterocycles. The largest absolute Gasteiger partial charge is 0.488 e. The smallest absolute Gasteiger partial charge is 0.341 e. The average molecular weight is 401 g/mol. The van der Waals surface area contributed by atoms with Crippen LogP contribution in [-0.2, 0) is 11.3 Å². The van der Waals surface area contributed by atoms with Crippen molar-refractivity contribution in [3.05, 3.63) is 58.1 Å². The van der Waals surface area contributed by atoms with E-state index in [9.17, 15) is 13.6 Å². The summed E-state index contributed by atoms with van der Waals surface area (Å²) >= 11 is 3.30. The lowest BCUT2D eigenvalue weighted by Crippen LogP contribution is -2.11. The van der Waals surface area contributed by atoms with Gasteiger partial charge in [0.25, 0.3) is 6.43 Å². The van der Waals surface area contributed by atoms with E-state index in [0.717, 1.165) is 5.56 Å². The standard InChI is InChI=1S/C17H15BrF2O4/c1-22-17(21)12-7-13(18)15(8-14(12)24-10-16(19)20)23-9-11-5-3-2-4-6-11/h2-8,16H,9-10H2,1H3. The molecule has 0 aliphatic rings. The summed E-state index contributed by atoms with van der Waals surface area (Å²) in [5.74, 6) is -0.334. The van der Waals surface area contributed by atoms with E-state index in [2.05, 4.69) is 20.7 Å². The molecular formula is C17H15BrF2O4. The molecule has 0 radical (unpaired) electrons. The first kappa shape index (κ1) is 18.2. The van der Waals surface area contributed by atoms with Gasteiger partial charge in [0.1, 0.15) is 30.3 Å². The number of hydrogen-bond acceptors (Lipinski definition) is 4. The third-order valence-corrected chi connectivity index (χ3v) is 3.66. The van der Waals surface area contributed by atoms with E-state index in [0.29, 0.717) is 10.2 Å². The molecule has 0 saturated carbocycles. The Balaban J connectivity index is 2.24. The highest BCUT2D eigenvalue weighted by molar-refractivity contribution is 9.10. The quantitative estimate of drug-likeness (QED) is 0.643. The molecule has 128 valence electrons. The van der Waals surface area contributed by atoms with Crippen LogP contribution in [0.4, 0.5) is 8.78 Å². The molecule has 0 unspecified atom stereocenters. The fourth-order valence-corrected chi connectivity index (χ4v) is 2.38. The van der Waals surface area contributed by atoms with Crippen molar-refractivity contribution in [2.45, 2.75) is 13.0 Å². The van der Waals surface area contributed by atoms with Gasteiger partial charge >= 0.3 is 5.97 Å². The van der Waals surface area contributed by atoms with Crippen LogP contribution in [0, 0.1) is 0 Å². The molecule has 0 amide bonds. The van der Waals surface area contributed by atoms with Gasteiger partial charge in [-0.05, 0) is 27.6 Å². The Hall–Kier alpha value is -2.15. The highest BCUT2D eigenvalue weighted by atomic mass is 79.9. The van der Waals surface area contributed by atoms with Gasteiger partial charge in [-0.15, -0.1) is 0 Å². The highest BCUT2D eigenvalue weighted by Crippen LogP contribution is 2.34. The Bertz CT molecular complexity index is 692. The summed E-state index contributed by atoms with van der Waals surface area (Å²) in [4.78, 5) is 11.8. The number of ether oxygens (including phenoxy) is 3. The number of methoxy groups -OCH3 is 1. The summed E-state index contributed by atoms with van der Waals surface area (Å²) in [6.45, 7) is -0.547. The lowest BCUT2D eigenvalue weighted by molar-refractivity contribution is 0.0578. The summed E-state index contributed by atoms with van der Waals surface area (Å²) in [5.41, 5.74) is 0.980. The van der Waals surface area contributed by atoms with Crippen LogP contribution in [0.25, 0.3) is 0 Å². The SMILES string of the molecule is COC(=O)c1cc(Br)c(OCc2ccccc2)cc1OCC(F)F. The first-order chi connectivity index (χ1) is 11.5. The maximum Gasteiger partial charge on any atom is 0.341 e. The van der Waals surface area contributed by atoms with Gasteiger partial charge in [-0.2, -0.15) is 0 Å². The minimum Gasteiger partial charge on any atom is -0.488 e. The van der Waals surface area contributed by atoms with E-state index in [1.54, 1.807) is 0 Å². The van der Waals surface area contributed by atoms with Crippen LogP contribution in [0.1, 0.15) is 15.9 Å². The van der Waals surface area contributed by atoms with E-state index in [-0.39, 0.29) is 17.9 Å². The molecule has 0 bridgehead atoms. The van der Waals surface area contributed by atoms with Gasteiger partial charge in [0.05, 0.1) is 11.6 Å². The molecular weight excluding hydrogens is 386 g/mol. The monoisotopic (exact) mass is 400 g/mol. The van der Waals surface area contributed by atoms with Crippen molar-refractivity contribution in [1.82, 2.24) is 0 Å². The van der Waals surface area contributed by atoms with Gasteiger partial charge in [0.15, 0.2) is 0 Å². The van der Waals surface area contributed by atoms with Crippen molar-refractivity contribution in [3.63, 3.8) is 0 Å². The summed E-state index contributed by atoms with van der Waals surface area (Å²) in [5, 5.41) is 0. The number of benzene rings is 2. The van der Waals surface area contributed by atoms with Crippen molar-refractivity contribution < 1.29 is 27.8 Å². The van der Waals surface area contributed by atoms with Crippen LogP contribution in [0.3, 0.4) is 0 Å². The molecule has 0 saturated heterocycles. The van der Waals surface area contributed by atoms with E-state index < -0.39 is 19.0 Å². The van der Waals surface area contributed by atoms with Crippen LogP contribution in [0.5, 0.6) is 11.5 Å². The molecule has 0 aliphatic carbocycles. The summed E-state index contributed by atoms with van der Waals surface area (Å²) in [6, 6.07) is 12.3. The fourth-order valence-electron chi connectivity index (χ4n) is 1.92. The van der Waals surface area contributed by atoms with Gasteiger partial charge in [-0.25, -0.2) is 13.6 Å². The second kappa shape index (κ2) is 8.63. The lowest BCUT2D eigenvalue weighted by atomic mass is 10.2. The number of alkyl halides is 2. The number of rotatable bonds is 7. The molecule has 0 N–H and O–H groups in total. The molecule has 0 atom stereocenters. The topological polar surface area (TPSA) is 44.8 Å². The maximum atomic E-state index is 12.4. The number of halogens is 3. The average Bonchev–Trinajstić information content (AvgIpc) is 2.59. The number of hydrogen-bond donors (Lipinski definition) is 0. The van der Waals surface area contributed by atoms with Crippen molar-refractivity contribution in [2.24, 2.45) is 0 Å². The predicted octanol–water partition coefficient (Wildman–Crippen LogP) is 4.46. The third kappa shape index (κ3) is 4.92. The lowest BCUT2D eigenvalue weighted by Gasteiger charge is -2.14. The summed E-state index contributed by atoms with van der Waals surface area (Å²) in [7, 11) is 1.20. The Morgan fingerprint density at radius 1 is 1.12 bits per heavy atom. The predicted molar refractivity (Wildman–Crippen MR) is 87.8 cm³/mol. The Labute approximate surface area is 146 Å². The number of carbonyl (C=O) groups is 1. The normalized spacial score (nSPS) is 10.5. The molecule has 0 fully saturated rings. The Morgan fingerprint density at radius 3 is 2.46 bits per heavy atom. The number of esters is 1. The minimum absolute atomic E-state index is 0.0200. The van der Waals surface area contributed by atoms with Crippen LogP contribution in [-0.4, -0.2) is 26.1 Å². The van der Waals surface area contributed by atoms with Crippen LogP contribution >= 0.6 is 15.9 Å². The summed E-state index contributed by atoms with van der Waals surface area (Å²) in [6.07, 6.45) is -2.66. The van der Waals surface area contributed by atoms with Crippen LogP contribution in [0.2, 0.25) is 0 Å². The van der Waals surface area contributed by atoms with Gasteiger partial charge < -0.3 is 14.2 Å². The molecule has 2 aromatic rings. The summed E-state index contributed by atoms with van der Waals surface area (Å²) < 4.78 is 40.6. The molecule has 0 aliphatic heterocycles. The first-order valence-electron chi connectivity index (χ1n) is 7.00. The van der Waals surface area contributed by atoms with Gasteiger partial charge in [-0.3, -0.25) is 0 Å². The van der Waals surface area contributed by atoms with E-state index in [1.807, 2.05) is 30.3 Å². The fraction of sp³-hybridized carbons (Fsp3) is 0.235. The first-order valence-corrected chi connectivity index (χ1v) is 7.80. The molecule has 7 heteroatoms. The van der Waals surface area contributed by atoms with Crippen molar-refractivity contribution in [2.75, 3.05) is 13.7 Å². The molecule has 2 aromatic carbocycles. The maximum absolute atomic E-state index is 12.4. The van der Waals surface area contributed by atoms with Crippen molar-refractivity contribution in [3.8, 4) is 11.5 Å². The zero-order valence-corrected chi connectivity index (χ0v) is 14.4. The minimum atomic E-state index is -2.66. The molecule has 0 heterocycles. The second-order valence-corrected chi connectivity index (χ2v) is 5.60. The van der Waals surface area contributed by atoms with Gasteiger partial charge in [0.2, 0.25) is 0 Å². The highest BCUT2D eigenvalue weighted by Gasteiger charge is 2.19. The van der Waals surface area contributed by atoms with E-state index >= 15 is 0 Å². The van der Waals surface area contributed by atoms with Crippen LogP contribution in [0.15, 0.2) is 46.9 Å². The molecule has 24 heavy (non-hydrogen) atoms. The Morgan fingerprint density at radius 2 is 1.83 bits per heavy atom. The molecule has 4 nitrogen and oxygen atoms in total. The Kier molecular flexibility index (Phi) is 6.54. The van der Waals surface area contributed by atoms with Crippen molar-refractivity contribution >= 4 is 21.9 Å². The van der Waals surface area contributed by atoms with E-state index in [4.69, 9.17) is 9.47 Å². The zero-order valence-electron chi connectivity index (χ0n) is 12.8. The van der Waals surface area contributed by atoms with Gasteiger partial charge in [0, 0.05) is 6.07 Å². The van der Waals surface area contributed by atoms with Crippen molar-refractivity contribution in [1.29, 1.82) is 0 Å². The number of carbonyl (C=O) groups excluding carboxylic acids is 1. The second-order valence-electron chi connectivity index (χ2n) is 4.75. The zero-order chi connectivity index (χ0) is 17.5. The third-order valence-electron chi connectivity index (χ3n) is 3.04. The molecule has 2 rings (SSSR count). The molecule has 0 spiro atoms. The van der Waals surface area contributed by atoms with Crippen LogP contribution < -0.4 is 9.47 Å². The van der Waals surface area contributed by atoms with E-state index in [1.165, 1.54) is 19.2 Å². The van der Waals surface area contributed by atoms with Gasteiger partial charge in [-0.1, -0.05) is 30.3 Å².